The first-order valence-corrected chi connectivity index (χ1v) is 6.29. The van der Waals surface area contributed by atoms with Gasteiger partial charge in [0.25, 0.3) is 0 Å². The molecule has 0 amide bonds. The lowest BCUT2D eigenvalue weighted by molar-refractivity contribution is 0.705. The second-order valence-electron chi connectivity index (χ2n) is 3.89. The Balaban J connectivity index is 1.89. The number of hydrogen-bond acceptors (Lipinski definition) is 2. The van der Waals surface area contributed by atoms with Crippen LogP contribution >= 0.6 is 11.8 Å². The number of aryl methyl sites for hydroxylation is 1. The van der Waals surface area contributed by atoms with E-state index >= 15 is 0 Å². The molecule has 1 aliphatic heterocycles. The van der Waals surface area contributed by atoms with Crippen LogP contribution in [0.25, 0.3) is 0 Å². The van der Waals surface area contributed by atoms with Gasteiger partial charge in [0.15, 0.2) is 0 Å². The van der Waals surface area contributed by atoms with E-state index in [9.17, 15) is 0 Å². The highest BCUT2D eigenvalue weighted by atomic mass is 32.2. The quantitative estimate of drug-likeness (QED) is 0.753. The highest BCUT2D eigenvalue weighted by Gasteiger charge is 2.32. The molecule has 0 spiro atoms. The van der Waals surface area contributed by atoms with Gasteiger partial charge in [-0.3, -0.25) is 0 Å². The lowest BCUT2D eigenvalue weighted by atomic mass is 10.0. The Morgan fingerprint density at radius 3 is 3.00 bits per heavy atom. The number of nitrogens with one attached hydrogen (secondary N) is 1. The molecular weight excluding hydrogens is 190 g/mol. The van der Waals surface area contributed by atoms with Crippen molar-refractivity contribution in [3.63, 3.8) is 0 Å². The van der Waals surface area contributed by atoms with Crippen LogP contribution in [-0.4, -0.2) is 17.7 Å². The van der Waals surface area contributed by atoms with Gasteiger partial charge in [0, 0.05) is 18.2 Å². The largest absolute Gasteiger partial charge is 0.304 e. The maximum absolute atomic E-state index is 3.57. The molecule has 73 valence electrons. The minimum atomic E-state index is 0.596. The Hall–Kier alpha value is -0.470. The number of fused-ring (bicyclic) bond motifs is 1. The second-order valence-corrected chi connectivity index (χ2v) is 5.10. The molecule has 0 bridgehead atoms. The second kappa shape index (κ2) is 3.59. The molecule has 1 heterocycles. The van der Waals surface area contributed by atoms with E-state index < -0.39 is 0 Å². The van der Waals surface area contributed by atoms with E-state index in [0.717, 1.165) is 0 Å². The number of hydrogen-bond donors (Lipinski definition) is 1. The Morgan fingerprint density at radius 1 is 1.21 bits per heavy atom. The molecule has 0 saturated carbocycles. The Kier molecular flexibility index (Phi) is 2.26. The van der Waals surface area contributed by atoms with E-state index in [4.69, 9.17) is 0 Å². The number of rotatable bonds is 1. The van der Waals surface area contributed by atoms with Gasteiger partial charge in [-0.25, -0.2) is 0 Å². The van der Waals surface area contributed by atoms with Gasteiger partial charge < -0.3 is 5.32 Å². The van der Waals surface area contributed by atoms with Crippen molar-refractivity contribution in [2.24, 2.45) is 0 Å². The van der Waals surface area contributed by atoms with Gasteiger partial charge in [-0.05, 0) is 24.0 Å². The highest BCUT2D eigenvalue weighted by molar-refractivity contribution is 8.00. The molecule has 1 radical (unpaired) electrons. The van der Waals surface area contributed by atoms with Gasteiger partial charge in [0.05, 0.1) is 5.37 Å². The molecule has 1 saturated heterocycles. The van der Waals surface area contributed by atoms with Crippen molar-refractivity contribution >= 4 is 11.8 Å². The molecule has 1 aromatic rings. The van der Waals surface area contributed by atoms with Gasteiger partial charge in [-0.1, -0.05) is 24.3 Å². The zero-order valence-electron chi connectivity index (χ0n) is 8.12. The predicted molar refractivity (Wildman–Crippen MR) is 61.4 cm³/mol. The lowest BCUT2D eigenvalue weighted by Crippen LogP contribution is -2.26. The van der Waals surface area contributed by atoms with Crippen molar-refractivity contribution in [3.05, 3.63) is 41.3 Å². The van der Waals surface area contributed by atoms with E-state index in [2.05, 4.69) is 41.3 Å². The van der Waals surface area contributed by atoms with E-state index in [1.165, 1.54) is 36.3 Å². The third kappa shape index (κ3) is 1.37. The minimum absolute atomic E-state index is 0.596. The molecule has 1 N–H and O–H groups in total. The Bertz CT molecular complexity index is 331. The molecule has 2 aliphatic rings. The molecule has 3 rings (SSSR count). The summed E-state index contributed by atoms with van der Waals surface area (Å²) >= 11 is 2.06. The van der Waals surface area contributed by atoms with Crippen molar-refractivity contribution in [2.45, 2.75) is 18.2 Å². The summed E-state index contributed by atoms with van der Waals surface area (Å²) in [6.07, 6.45) is 2.49. The monoisotopic (exact) mass is 204 g/mol. The van der Waals surface area contributed by atoms with Crippen LogP contribution in [0.3, 0.4) is 0 Å². The summed E-state index contributed by atoms with van der Waals surface area (Å²) in [6.45, 7) is 1.17. The fraction of sp³-hybridized carbons (Fsp3) is 0.417. The van der Waals surface area contributed by atoms with Crippen LogP contribution in [-0.2, 0) is 6.42 Å². The smallest absolute Gasteiger partial charge is 0.0640 e. The van der Waals surface area contributed by atoms with Gasteiger partial charge >= 0.3 is 0 Å². The van der Waals surface area contributed by atoms with Crippen LogP contribution < -0.4 is 5.32 Å². The lowest BCUT2D eigenvalue weighted by Gasteiger charge is -2.17. The fourth-order valence-corrected chi connectivity index (χ4v) is 3.53. The van der Waals surface area contributed by atoms with Crippen molar-refractivity contribution in [3.8, 4) is 0 Å². The summed E-state index contributed by atoms with van der Waals surface area (Å²) in [7, 11) is 0. The predicted octanol–water partition coefficient (Wildman–Crippen LogP) is 2.22. The summed E-state index contributed by atoms with van der Waals surface area (Å²) < 4.78 is 0. The van der Waals surface area contributed by atoms with Crippen LogP contribution in [0, 0.1) is 5.92 Å². The van der Waals surface area contributed by atoms with Gasteiger partial charge in [0.1, 0.15) is 0 Å². The van der Waals surface area contributed by atoms with E-state index in [1.54, 1.807) is 5.92 Å². The van der Waals surface area contributed by atoms with Crippen LogP contribution in [0.2, 0.25) is 0 Å². The average Bonchev–Trinajstić information content (AvgIpc) is 2.85. The van der Waals surface area contributed by atoms with Crippen LogP contribution in [0.1, 0.15) is 17.5 Å². The maximum atomic E-state index is 3.57. The van der Waals surface area contributed by atoms with Crippen molar-refractivity contribution in [2.75, 3.05) is 12.3 Å². The third-order valence-electron chi connectivity index (χ3n) is 3.06. The molecule has 1 fully saturated rings. The summed E-state index contributed by atoms with van der Waals surface area (Å²) in [6, 6.07) is 8.85. The fourth-order valence-electron chi connectivity index (χ4n) is 2.38. The normalized spacial score (nSPS) is 26.7. The topological polar surface area (TPSA) is 12.0 Å². The molecule has 2 heteroatoms. The van der Waals surface area contributed by atoms with Gasteiger partial charge in [-0.15, -0.1) is 11.8 Å². The van der Waals surface area contributed by atoms with Crippen molar-refractivity contribution < 1.29 is 0 Å². The Labute approximate surface area is 89.3 Å². The Morgan fingerprint density at radius 2 is 2.14 bits per heavy atom. The average molecular weight is 204 g/mol. The van der Waals surface area contributed by atoms with Crippen molar-refractivity contribution in [1.82, 2.24) is 5.32 Å². The van der Waals surface area contributed by atoms with Crippen LogP contribution in [0.5, 0.6) is 0 Å². The van der Waals surface area contributed by atoms with Crippen molar-refractivity contribution in [1.29, 1.82) is 0 Å². The first-order valence-electron chi connectivity index (χ1n) is 5.24. The number of thioether (sulfide) groups is 1. The molecule has 0 aromatic heterocycles. The zero-order valence-corrected chi connectivity index (χ0v) is 8.94. The van der Waals surface area contributed by atoms with Crippen LogP contribution in [0.15, 0.2) is 24.3 Å². The summed E-state index contributed by atoms with van der Waals surface area (Å²) in [4.78, 5) is 0. The molecular formula is C12H14NS. The molecule has 1 aliphatic carbocycles. The molecule has 1 nitrogen and oxygen atoms in total. The molecule has 1 atom stereocenters. The summed E-state index contributed by atoms with van der Waals surface area (Å²) in [5.41, 5.74) is 3.05. The maximum Gasteiger partial charge on any atom is 0.0640 e. The standard InChI is InChI=1S/C12H14NS/c1-2-4-10-9(3-1)5-6-11(10)12-13-7-8-14-12/h1-4,12-13H,5-8H2. The van der Waals surface area contributed by atoms with Crippen LogP contribution in [0.4, 0.5) is 0 Å². The van der Waals surface area contributed by atoms with Gasteiger partial charge in [0.2, 0.25) is 0 Å². The first-order chi connectivity index (χ1) is 6.95. The molecule has 1 unspecified atom stereocenters. The van der Waals surface area contributed by atoms with E-state index in [-0.39, 0.29) is 0 Å². The van der Waals surface area contributed by atoms with Gasteiger partial charge in [-0.2, -0.15) is 0 Å². The minimum Gasteiger partial charge on any atom is -0.304 e. The van der Waals surface area contributed by atoms with E-state index in [0.29, 0.717) is 5.37 Å². The first kappa shape index (κ1) is 8.81. The highest BCUT2D eigenvalue weighted by Crippen LogP contribution is 2.39. The van der Waals surface area contributed by atoms with E-state index in [1.807, 2.05) is 0 Å². The molecule has 14 heavy (non-hydrogen) atoms. The number of benzene rings is 1. The summed E-state index contributed by atoms with van der Waals surface area (Å²) in [5, 5.41) is 4.16. The SMILES string of the molecule is c1ccc2c(c1)CC[C]2C1NCCS1. The molecule has 1 aromatic carbocycles. The third-order valence-corrected chi connectivity index (χ3v) is 4.28. The zero-order chi connectivity index (χ0) is 9.38. The summed E-state index contributed by atoms with van der Waals surface area (Å²) in [5.74, 6) is 2.89.